The highest BCUT2D eigenvalue weighted by atomic mass is 16.6. The van der Waals surface area contributed by atoms with Gasteiger partial charge in [-0.1, -0.05) is 0 Å². The van der Waals surface area contributed by atoms with Gasteiger partial charge in [0, 0.05) is 13.0 Å². The fraction of sp³-hybridized carbons (Fsp3) is 0.500. The molecule has 0 aromatic heterocycles. The lowest BCUT2D eigenvalue weighted by molar-refractivity contribution is -0.385. The van der Waals surface area contributed by atoms with E-state index < -0.39 is 17.6 Å². The van der Waals surface area contributed by atoms with E-state index in [-0.39, 0.29) is 48.1 Å². The number of nitrogens with zero attached hydrogens (tertiary/aromatic N) is 1. The molecule has 0 spiro atoms. The highest BCUT2D eigenvalue weighted by Crippen LogP contribution is 2.34. The van der Waals surface area contributed by atoms with Gasteiger partial charge in [0.1, 0.15) is 0 Å². The number of aliphatic hydroxyl groups excluding tert-OH is 1. The summed E-state index contributed by atoms with van der Waals surface area (Å²) in [7, 11) is 1.39. The van der Waals surface area contributed by atoms with E-state index in [2.05, 4.69) is 0 Å². The van der Waals surface area contributed by atoms with Gasteiger partial charge < -0.3 is 26.0 Å². The van der Waals surface area contributed by atoms with E-state index in [0.29, 0.717) is 6.42 Å². The molecule has 5 N–H and O–H groups in total. The summed E-state index contributed by atoms with van der Waals surface area (Å²) in [6.07, 6.45) is 0.600. The summed E-state index contributed by atoms with van der Waals surface area (Å²) in [5.41, 5.74) is 10.7. The highest BCUT2D eigenvalue weighted by molar-refractivity contribution is 5.83. The van der Waals surface area contributed by atoms with E-state index in [1.807, 2.05) is 0 Å². The molecule has 128 valence electrons. The number of carbonyl (C=O) groups is 1. The summed E-state index contributed by atoms with van der Waals surface area (Å²) in [5.74, 6) is 0.279. The third-order valence-electron chi connectivity index (χ3n) is 3.22. The Hall–Kier alpha value is -2.23. The number of benzene rings is 1. The molecule has 1 aromatic rings. The van der Waals surface area contributed by atoms with Crippen molar-refractivity contribution in [1.29, 1.82) is 0 Å². The number of ketones is 1. The van der Waals surface area contributed by atoms with Gasteiger partial charge in [0.05, 0.1) is 42.9 Å². The van der Waals surface area contributed by atoms with Crippen molar-refractivity contribution in [2.24, 2.45) is 11.5 Å². The van der Waals surface area contributed by atoms with Crippen LogP contribution in [0.15, 0.2) is 12.1 Å². The standard InChI is InChI=1S/C14H21N3O6/c1-22-13-5-9(8-18)11(17(20)21)6-14(13)23-4-2-3-12(19)10(16)7-15/h5-6,10,18H,2-4,7-8,15-16H2,1H3. The first-order chi connectivity index (χ1) is 10.9. The predicted molar refractivity (Wildman–Crippen MR) is 82.3 cm³/mol. The normalized spacial score (nSPS) is 11.8. The summed E-state index contributed by atoms with van der Waals surface area (Å²) in [6, 6.07) is 1.86. The molecule has 0 aliphatic heterocycles. The van der Waals surface area contributed by atoms with Crippen LogP contribution in [0.2, 0.25) is 0 Å². The Morgan fingerprint density at radius 2 is 2.13 bits per heavy atom. The number of nitrogens with two attached hydrogens (primary N) is 2. The Kier molecular flexibility index (Phi) is 7.39. The van der Waals surface area contributed by atoms with Crippen molar-refractivity contribution in [1.82, 2.24) is 0 Å². The summed E-state index contributed by atoms with van der Waals surface area (Å²) >= 11 is 0. The van der Waals surface area contributed by atoms with E-state index in [1.165, 1.54) is 19.2 Å². The molecule has 1 aromatic carbocycles. The number of rotatable bonds is 10. The molecule has 0 saturated carbocycles. The first-order valence-electron chi connectivity index (χ1n) is 7.01. The summed E-state index contributed by atoms with van der Waals surface area (Å²) in [4.78, 5) is 21.9. The van der Waals surface area contributed by atoms with Crippen molar-refractivity contribution in [2.75, 3.05) is 20.3 Å². The van der Waals surface area contributed by atoms with Crippen molar-refractivity contribution >= 4 is 11.5 Å². The van der Waals surface area contributed by atoms with Crippen molar-refractivity contribution in [3.8, 4) is 11.5 Å². The molecule has 0 saturated heterocycles. The SMILES string of the molecule is COc1cc(CO)c([N+](=O)[O-])cc1OCCCC(=O)C(N)CN. The summed E-state index contributed by atoms with van der Waals surface area (Å²) in [5, 5.41) is 20.2. The number of nitro groups is 1. The lowest BCUT2D eigenvalue weighted by atomic mass is 10.1. The van der Waals surface area contributed by atoms with E-state index in [0.717, 1.165) is 0 Å². The van der Waals surface area contributed by atoms with Crippen LogP contribution < -0.4 is 20.9 Å². The van der Waals surface area contributed by atoms with Gasteiger partial charge >= 0.3 is 0 Å². The van der Waals surface area contributed by atoms with Gasteiger partial charge in [-0.05, 0) is 12.5 Å². The van der Waals surface area contributed by atoms with Crippen molar-refractivity contribution in [3.63, 3.8) is 0 Å². The lowest BCUT2D eigenvalue weighted by Crippen LogP contribution is -2.37. The molecule has 23 heavy (non-hydrogen) atoms. The minimum atomic E-state index is -0.686. The third kappa shape index (κ3) is 5.16. The average Bonchev–Trinajstić information content (AvgIpc) is 2.56. The number of Topliss-reactive ketones (excluding diaryl/α,β-unsaturated/α-hetero) is 1. The van der Waals surface area contributed by atoms with Crippen LogP contribution in [-0.4, -0.2) is 42.1 Å². The maximum Gasteiger partial charge on any atom is 0.278 e. The second kappa shape index (κ2) is 9.03. The first-order valence-corrected chi connectivity index (χ1v) is 7.01. The van der Waals surface area contributed by atoms with Crippen LogP contribution >= 0.6 is 0 Å². The number of hydrogen-bond acceptors (Lipinski definition) is 8. The van der Waals surface area contributed by atoms with Crippen molar-refractivity contribution in [3.05, 3.63) is 27.8 Å². The first kappa shape index (κ1) is 18.8. The van der Waals surface area contributed by atoms with Crippen molar-refractivity contribution < 1.29 is 24.3 Å². The molecule has 0 fully saturated rings. The zero-order chi connectivity index (χ0) is 17.4. The molecule has 9 nitrogen and oxygen atoms in total. The Bertz CT molecular complexity index is 564. The molecule has 1 atom stereocenters. The molecule has 0 aliphatic rings. The van der Waals surface area contributed by atoms with Gasteiger partial charge in [0.15, 0.2) is 17.3 Å². The van der Waals surface area contributed by atoms with E-state index in [1.54, 1.807) is 0 Å². The minimum Gasteiger partial charge on any atom is -0.493 e. The Morgan fingerprint density at radius 1 is 1.43 bits per heavy atom. The smallest absolute Gasteiger partial charge is 0.278 e. The van der Waals surface area contributed by atoms with Gasteiger partial charge in [0.2, 0.25) is 0 Å². The summed E-state index contributed by atoms with van der Waals surface area (Å²) < 4.78 is 10.5. The number of methoxy groups -OCH3 is 1. The topological polar surface area (TPSA) is 151 Å². The van der Waals surface area contributed by atoms with Crippen molar-refractivity contribution in [2.45, 2.75) is 25.5 Å². The number of hydrogen-bond donors (Lipinski definition) is 3. The van der Waals surface area contributed by atoms with Gasteiger partial charge in [-0.15, -0.1) is 0 Å². The zero-order valence-corrected chi connectivity index (χ0v) is 12.9. The predicted octanol–water partition coefficient (Wildman–Crippen LogP) is 0.110. The molecule has 0 heterocycles. The fourth-order valence-electron chi connectivity index (χ4n) is 1.91. The molecular weight excluding hydrogens is 306 g/mol. The van der Waals surface area contributed by atoms with Crippen LogP contribution in [-0.2, 0) is 11.4 Å². The van der Waals surface area contributed by atoms with Crippen LogP contribution in [0.5, 0.6) is 11.5 Å². The average molecular weight is 327 g/mol. The number of ether oxygens (including phenoxy) is 2. The van der Waals surface area contributed by atoms with Crippen LogP contribution in [0.1, 0.15) is 18.4 Å². The van der Waals surface area contributed by atoms with E-state index in [9.17, 15) is 14.9 Å². The van der Waals surface area contributed by atoms with Crippen LogP contribution in [0.3, 0.4) is 0 Å². The van der Waals surface area contributed by atoms with E-state index in [4.69, 9.17) is 26.0 Å². The monoisotopic (exact) mass is 327 g/mol. The zero-order valence-electron chi connectivity index (χ0n) is 12.9. The molecular formula is C14H21N3O6. The molecule has 0 aliphatic carbocycles. The van der Waals surface area contributed by atoms with E-state index >= 15 is 0 Å². The second-order valence-electron chi connectivity index (χ2n) is 4.81. The highest BCUT2D eigenvalue weighted by Gasteiger charge is 2.19. The number of nitro benzene ring substituents is 1. The molecule has 0 bridgehead atoms. The quantitative estimate of drug-likeness (QED) is 0.311. The lowest BCUT2D eigenvalue weighted by Gasteiger charge is -2.12. The second-order valence-corrected chi connectivity index (χ2v) is 4.81. The maximum absolute atomic E-state index is 11.5. The van der Waals surface area contributed by atoms with Gasteiger partial charge in [-0.3, -0.25) is 14.9 Å². The molecule has 1 rings (SSSR count). The minimum absolute atomic E-state index is 0.0856. The Labute approximate surface area is 133 Å². The fourth-order valence-corrected chi connectivity index (χ4v) is 1.91. The maximum atomic E-state index is 11.5. The van der Waals surface area contributed by atoms with Crippen LogP contribution in [0, 0.1) is 10.1 Å². The Morgan fingerprint density at radius 3 is 2.65 bits per heavy atom. The molecule has 0 radical (unpaired) electrons. The van der Waals surface area contributed by atoms with Gasteiger partial charge in [-0.25, -0.2) is 0 Å². The summed E-state index contributed by atoms with van der Waals surface area (Å²) in [6.45, 7) is -0.240. The van der Waals surface area contributed by atoms with Crippen LogP contribution in [0.25, 0.3) is 0 Å². The molecule has 9 heteroatoms. The third-order valence-corrected chi connectivity index (χ3v) is 3.22. The Balaban J connectivity index is 2.74. The number of carbonyl (C=O) groups excluding carboxylic acids is 1. The molecule has 0 amide bonds. The number of aliphatic hydroxyl groups is 1. The van der Waals surface area contributed by atoms with Gasteiger partial charge in [-0.2, -0.15) is 0 Å². The van der Waals surface area contributed by atoms with Crippen LogP contribution in [0.4, 0.5) is 5.69 Å². The largest absolute Gasteiger partial charge is 0.493 e. The molecule has 1 unspecified atom stereocenters. The van der Waals surface area contributed by atoms with Gasteiger partial charge in [0.25, 0.3) is 5.69 Å².